The molecule has 1 unspecified atom stereocenters. The van der Waals surface area contributed by atoms with E-state index in [2.05, 4.69) is 13.5 Å². The zero-order valence-electron chi connectivity index (χ0n) is 14.3. The van der Waals surface area contributed by atoms with Crippen molar-refractivity contribution in [3.8, 4) is 0 Å². The lowest BCUT2D eigenvalue weighted by Crippen LogP contribution is -2.45. The van der Waals surface area contributed by atoms with Crippen molar-refractivity contribution >= 4 is 11.9 Å². The maximum atomic E-state index is 12.6. The van der Waals surface area contributed by atoms with Crippen molar-refractivity contribution in [1.29, 1.82) is 0 Å². The molecule has 0 aromatic carbocycles. The van der Waals surface area contributed by atoms with E-state index in [1.165, 1.54) is 7.11 Å². The molecule has 22 heavy (non-hydrogen) atoms. The maximum absolute atomic E-state index is 12.6. The minimum absolute atomic E-state index is 0.272. The second kappa shape index (κ2) is 8.96. The number of ether oxygens (including phenoxy) is 2. The first kappa shape index (κ1) is 18.7. The number of allylic oxidation sites excluding steroid dienone is 1. The average molecular weight is 310 g/mol. The third kappa shape index (κ3) is 4.59. The van der Waals surface area contributed by atoms with Gasteiger partial charge in [-0.15, -0.1) is 6.58 Å². The fourth-order valence-corrected chi connectivity index (χ4v) is 3.35. The lowest BCUT2D eigenvalue weighted by atomic mass is 9.64. The number of unbranched alkanes of at least 4 members (excludes halogenated alkanes) is 1. The highest BCUT2D eigenvalue weighted by molar-refractivity contribution is 5.85. The molecule has 1 aliphatic rings. The first-order valence-corrected chi connectivity index (χ1v) is 8.37. The van der Waals surface area contributed by atoms with Crippen LogP contribution < -0.4 is 0 Å². The summed E-state index contributed by atoms with van der Waals surface area (Å²) >= 11 is 0. The van der Waals surface area contributed by atoms with E-state index in [0.29, 0.717) is 25.9 Å². The van der Waals surface area contributed by atoms with Crippen LogP contribution in [0, 0.1) is 11.3 Å². The molecule has 0 aromatic heterocycles. The van der Waals surface area contributed by atoms with Crippen molar-refractivity contribution in [3.05, 3.63) is 12.2 Å². The highest BCUT2D eigenvalue weighted by Gasteiger charge is 2.50. The molecule has 1 atom stereocenters. The maximum Gasteiger partial charge on any atom is 0.312 e. The van der Waals surface area contributed by atoms with Crippen molar-refractivity contribution in [1.82, 2.24) is 0 Å². The predicted octanol–water partition coefficient (Wildman–Crippen LogP) is 4.04. The predicted molar refractivity (Wildman–Crippen MR) is 86.3 cm³/mol. The number of carbonyl (C=O) groups excluding carboxylic acids is 2. The highest BCUT2D eigenvalue weighted by Crippen LogP contribution is 2.46. The summed E-state index contributed by atoms with van der Waals surface area (Å²) in [6, 6.07) is 0. The molecule has 0 heterocycles. The van der Waals surface area contributed by atoms with E-state index in [1.54, 1.807) is 0 Å². The second-order valence-corrected chi connectivity index (χ2v) is 6.44. The summed E-state index contributed by atoms with van der Waals surface area (Å²) in [4.78, 5) is 25.1. The standard InChI is InChI=1S/C18H30O4/c1-5-6-12-22-16(19)15(13-14(2)3)18(17(20)21-4)10-8-7-9-11-18/h15H,2,5-13H2,1,3-4H3. The van der Waals surface area contributed by atoms with E-state index in [-0.39, 0.29) is 11.9 Å². The van der Waals surface area contributed by atoms with Gasteiger partial charge in [0.15, 0.2) is 0 Å². The Morgan fingerprint density at radius 1 is 1.23 bits per heavy atom. The lowest BCUT2D eigenvalue weighted by molar-refractivity contribution is -0.171. The van der Waals surface area contributed by atoms with Gasteiger partial charge >= 0.3 is 11.9 Å². The zero-order valence-corrected chi connectivity index (χ0v) is 14.3. The van der Waals surface area contributed by atoms with E-state index in [4.69, 9.17) is 9.47 Å². The molecule has 4 heteroatoms. The fourth-order valence-electron chi connectivity index (χ4n) is 3.35. The molecule has 0 aromatic rings. The van der Waals surface area contributed by atoms with Gasteiger partial charge in [-0.1, -0.05) is 38.2 Å². The minimum atomic E-state index is -0.741. The zero-order chi connectivity index (χ0) is 16.6. The Balaban J connectivity index is 3.00. The van der Waals surface area contributed by atoms with Gasteiger partial charge in [-0.3, -0.25) is 9.59 Å². The molecule has 0 spiro atoms. The van der Waals surface area contributed by atoms with Crippen LogP contribution in [-0.4, -0.2) is 25.7 Å². The summed E-state index contributed by atoms with van der Waals surface area (Å²) < 4.78 is 10.5. The van der Waals surface area contributed by atoms with Crippen LogP contribution in [0.2, 0.25) is 0 Å². The summed E-state index contributed by atoms with van der Waals surface area (Å²) in [5, 5.41) is 0. The molecule has 1 fully saturated rings. The Labute approximate surface area is 134 Å². The van der Waals surface area contributed by atoms with Gasteiger partial charge in [0.25, 0.3) is 0 Å². The smallest absolute Gasteiger partial charge is 0.312 e. The monoisotopic (exact) mass is 310 g/mol. The van der Waals surface area contributed by atoms with Gasteiger partial charge in [-0.2, -0.15) is 0 Å². The number of esters is 2. The fraction of sp³-hybridized carbons (Fsp3) is 0.778. The van der Waals surface area contributed by atoms with Crippen LogP contribution in [0.25, 0.3) is 0 Å². The van der Waals surface area contributed by atoms with Gasteiger partial charge < -0.3 is 9.47 Å². The molecule has 0 N–H and O–H groups in total. The van der Waals surface area contributed by atoms with Crippen molar-refractivity contribution < 1.29 is 19.1 Å². The normalized spacial score (nSPS) is 18.3. The molecule has 1 aliphatic carbocycles. The molecule has 0 aliphatic heterocycles. The van der Waals surface area contributed by atoms with Crippen molar-refractivity contribution in [3.63, 3.8) is 0 Å². The highest BCUT2D eigenvalue weighted by atomic mass is 16.5. The van der Waals surface area contributed by atoms with Crippen LogP contribution in [-0.2, 0) is 19.1 Å². The quantitative estimate of drug-likeness (QED) is 0.386. The Kier molecular flexibility index (Phi) is 7.63. The number of carbonyl (C=O) groups is 2. The first-order valence-electron chi connectivity index (χ1n) is 8.37. The summed E-state index contributed by atoms with van der Waals surface area (Å²) in [6.07, 6.45) is 6.69. The molecular formula is C18H30O4. The topological polar surface area (TPSA) is 52.6 Å². The largest absolute Gasteiger partial charge is 0.469 e. The molecule has 1 saturated carbocycles. The summed E-state index contributed by atoms with van der Waals surface area (Å²) in [6.45, 7) is 8.28. The molecule has 0 bridgehead atoms. The van der Waals surface area contributed by atoms with Crippen molar-refractivity contribution in [2.24, 2.45) is 11.3 Å². The van der Waals surface area contributed by atoms with Crippen LogP contribution in [0.4, 0.5) is 0 Å². The number of hydrogen-bond donors (Lipinski definition) is 0. The van der Waals surface area contributed by atoms with Crippen LogP contribution in [0.1, 0.15) is 65.2 Å². The minimum Gasteiger partial charge on any atom is -0.469 e. The average Bonchev–Trinajstić information content (AvgIpc) is 2.52. The van der Waals surface area contributed by atoms with Gasteiger partial charge in [-0.25, -0.2) is 0 Å². The first-order chi connectivity index (χ1) is 10.5. The number of hydrogen-bond acceptors (Lipinski definition) is 4. The van der Waals surface area contributed by atoms with E-state index < -0.39 is 11.3 Å². The second-order valence-electron chi connectivity index (χ2n) is 6.44. The Hall–Kier alpha value is -1.32. The van der Waals surface area contributed by atoms with Crippen molar-refractivity contribution in [2.75, 3.05) is 13.7 Å². The lowest BCUT2D eigenvalue weighted by Gasteiger charge is -2.39. The van der Waals surface area contributed by atoms with Crippen molar-refractivity contribution in [2.45, 2.75) is 65.2 Å². The summed E-state index contributed by atoms with van der Waals surface area (Å²) in [5.74, 6) is -1.02. The van der Waals surface area contributed by atoms with Crippen LogP contribution in [0.5, 0.6) is 0 Å². The van der Waals surface area contributed by atoms with E-state index in [9.17, 15) is 9.59 Å². The van der Waals surface area contributed by atoms with Gasteiger partial charge in [0.2, 0.25) is 0 Å². The van der Waals surface area contributed by atoms with Gasteiger partial charge in [0, 0.05) is 0 Å². The third-order valence-electron chi connectivity index (χ3n) is 4.58. The molecule has 0 amide bonds. The van der Waals surface area contributed by atoms with Crippen LogP contribution in [0.3, 0.4) is 0 Å². The molecule has 126 valence electrons. The number of methoxy groups -OCH3 is 1. The third-order valence-corrected chi connectivity index (χ3v) is 4.58. The van der Waals surface area contributed by atoms with E-state index >= 15 is 0 Å². The SMILES string of the molecule is C=C(C)CC(C(=O)OCCCC)C1(C(=O)OC)CCCCC1. The van der Waals surface area contributed by atoms with Gasteiger partial charge in [0.05, 0.1) is 25.0 Å². The van der Waals surface area contributed by atoms with Gasteiger partial charge in [0.1, 0.15) is 0 Å². The summed E-state index contributed by atoms with van der Waals surface area (Å²) in [7, 11) is 1.40. The number of rotatable bonds is 8. The van der Waals surface area contributed by atoms with Gasteiger partial charge in [-0.05, 0) is 32.6 Å². The molecule has 0 saturated heterocycles. The van der Waals surface area contributed by atoms with Crippen LogP contribution >= 0.6 is 0 Å². The van der Waals surface area contributed by atoms with E-state index in [0.717, 1.165) is 37.7 Å². The Morgan fingerprint density at radius 2 is 1.86 bits per heavy atom. The molecular weight excluding hydrogens is 280 g/mol. The van der Waals surface area contributed by atoms with Crippen LogP contribution in [0.15, 0.2) is 12.2 Å². The Morgan fingerprint density at radius 3 is 2.36 bits per heavy atom. The summed E-state index contributed by atoms with van der Waals surface area (Å²) in [5.41, 5.74) is 0.154. The molecule has 0 radical (unpaired) electrons. The molecule has 1 rings (SSSR count). The Bertz CT molecular complexity index is 394. The van der Waals surface area contributed by atoms with E-state index in [1.807, 2.05) is 6.92 Å². The molecule has 4 nitrogen and oxygen atoms in total.